The molecule has 13 nitrogen and oxygen atoms in total. The van der Waals surface area contributed by atoms with Gasteiger partial charge in [0.25, 0.3) is 0 Å². The van der Waals surface area contributed by atoms with Crippen LogP contribution in [-0.2, 0) is 61.3 Å². The first-order valence-electron chi connectivity index (χ1n) is 15.2. The van der Waals surface area contributed by atoms with Crippen molar-refractivity contribution in [2.45, 2.75) is 46.0 Å². The van der Waals surface area contributed by atoms with Gasteiger partial charge < -0.3 is 56.5 Å². The molecular formula is C29H60O13Si. The van der Waals surface area contributed by atoms with E-state index < -0.39 is 13.9 Å². The van der Waals surface area contributed by atoms with Gasteiger partial charge in [0, 0.05) is 0 Å². The Hall–Kier alpha value is -0.753. The largest absolute Gasteiger partial charge is 0.458 e. The number of esters is 1. The average molecular weight is 645 g/mol. The van der Waals surface area contributed by atoms with Crippen molar-refractivity contribution in [1.82, 2.24) is 0 Å². The molecule has 14 heteroatoms. The number of carbonyl (C=O) groups is 1. The number of ether oxygens (including phenoxy) is 11. The molecule has 0 bridgehead atoms. The molecule has 0 atom stereocenters. The second kappa shape index (κ2) is 29.9. The molecular weight excluding hydrogens is 584 g/mol. The summed E-state index contributed by atoms with van der Waals surface area (Å²) in [6.45, 7) is 21.9. The first-order valence-corrected chi connectivity index (χ1v) is 18.6. The zero-order valence-electron chi connectivity index (χ0n) is 27.7. The highest BCUT2D eigenvalue weighted by Crippen LogP contribution is 2.06. The van der Waals surface area contributed by atoms with E-state index in [9.17, 15) is 4.79 Å². The zero-order valence-corrected chi connectivity index (χ0v) is 28.7. The third kappa shape index (κ3) is 39.2. The van der Waals surface area contributed by atoms with Crippen LogP contribution in [0.2, 0.25) is 19.6 Å². The van der Waals surface area contributed by atoms with Crippen molar-refractivity contribution in [3.8, 4) is 0 Å². The van der Waals surface area contributed by atoms with Crippen LogP contribution in [0.25, 0.3) is 0 Å². The van der Waals surface area contributed by atoms with Gasteiger partial charge >= 0.3 is 5.97 Å². The predicted octanol–water partition coefficient (Wildman–Crippen LogP) is 2.35. The lowest BCUT2D eigenvalue weighted by molar-refractivity contribution is -0.160. The van der Waals surface area contributed by atoms with Crippen molar-refractivity contribution >= 4 is 14.3 Å². The Morgan fingerprint density at radius 1 is 0.419 bits per heavy atom. The lowest BCUT2D eigenvalue weighted by Gasteiger charge is -2.19. The fraction of sp³-hybridized carbons (Fsp3) is 0.966. The molecule has 0 aromatic carbocycles. The number of hydrogen-bond acceptors (Lipinski definition) is 13. The minimum absolute atomic E-state index is 0.0809. The van der Waals surface area contributed by atoms with E-state index in [1.165, 1.54) is 0 Å². The molecule has 0 amide bonds. The van der Waals surface area contributed by atoms with Crippen LogP contribution < -0.4 is 0 Å². The van der Waals surface area contributed by atoms with Crippen LogP contribution in [0.1, 0.15) is 20.8 Å². The molecule has 0 unspecified atom stereocenters. The van der Waals surface area contributed by atoms with Crippen molar-refractivity contribution in [3.63, 3.8) is 0 Å². The molecule has 43 heavy (non-hydrogen) atoms. The van der Waals surface area contributed by atoms with Crippen LogP contribution in [0.4, 0.5) is 0 Å². The van der Waals surface area contributed by atoms with Crippen molar-refractivity contribution in [3.05, 3.63) is 0 Å². The van der Waals surface area contributed by atoms with Crippen LogP contribution in [0.15, 0.2) is 0 Å². The van der Waals surface area contributed by atoms with Gasteiger partial charge in [-0.25, -0.2) is 4.79 Å². The minimum atomic E-state index is -1.45. The maximum atomic E-state index is 11.5. The summed E-state index contributed by atoms with van der Waals surface area (Å²) in [7, 11) is -1.45. The molecule has 0 aliphatic heterocycles. The SMILES string of the molecule is CC(C)(C)OC(=O)COCCOCCOCCOCCOCCOCCOCCOCCOCCOCCO[Si](C)(C)C. The zero-order chi connectivity index (χ0) is 31.9. The van der Waals surface area contributed by atoms with Gasteiger partial charge in [0.15, 0.2) is 8.32 Å². The molecule has 0 radical (unpaired) electrons. The molecule has 0 heterocycles. The lowest BCUT2D eigenvalue weighted by Crippen LogP contribution is -2.27. The van der Waals surface area contributed by atoms with Crippen molar-refractivity contribution < 1.29 is 61.3 Å². The minimum Gasteiger partial charge on any atom is -0.458 e. The summed E-state index contributed by atoms with van der Waals surface area (Å²) in [5.41, 5.74) is -0.508. The molecule has 0 saturated carbocycles. The molecule has 0 spiro atoms. The van der Waals surface area contributed by atoms with Gasteiger partial charge in [-0.2, -0.15) is 0 Å². The Morgan fingerprint density at radius 2 is 0.651 bits per heavy atom. The molecule has 258 valence electrons. The highest BCUT2D eigenvalue weighted by atomic mass is 28.4. The van der Waals surface area contributed by atoms with Crippen molar-refractivity contribution in [2.75, 3.05) is 139 Å². The summed E-state index contributed by atoms with van der Waals surface area (Å²) in [5, 5.41) is 0. The van der Waals surface area contributed by atoms with E-state index >= 15 is 0 Å². The first-order chi connectivity index (χ1) is 20.6. The van der Waals surface area contributed by atoms with E-state index in [1.54, 1.807) is 0 Å². The Kier molecular flexibility index (Phi) is 29.4. The average Bonchev–Trinajstić information content (AvgIpc) is 2.92. The van der Waals surface area contributed by atoms with Gasteiger partial charge in [-0.15, -0.1) is 0 Å². The van der Waals surface area contributed by atoms with Gasteiger partial charge in [0.1, 0.15) is 12.2 Å². The Bertz CT molecular complexity index is 600. The summed E-state index contributed by atoms with van der Waals surface area (Å²) in [6.07, 6.45) is 0. The van der Waals surface area contributed by atoms with Crippen molar-refractivity contribution in [2.24, 2.45) is 0 Å². The van der Waals surface area contributed by atoms with Gasteiger partial charge in [-0.3, -0.25) is 0 Å². The van der Waals surface area contributed by atoms with E-state index in [4.69, 9.17) is 56.5 Å². The van der Waals surface area contributed by atoms with Crippen LogP contribution in [0, 0.1) is 0 Å². The fourth-order valence-electron chi connectivity index (χ4n) is 2.91. The van der Waals surface area contributed by atoms with Gasteiger partial charge in [0.05, 0.1) is 132 Å². The van der Waals surface area contributed by atoms with Gasteiger partial charge in [0.2, 0.25) is 0 Å². The monoisotopic (exact) mass is 644 g/mol. The maximum Gasteiger partial charge on any atom is 0.332 e. The van der Waals surface area contributed by atoms with Crippen LogP contribution in [-0.4, -0.2) is 159 Å². The van der Waals surface area contributed by atoms with Crippen LogP contribution in [0.5, 0.6) is 0 Å². The van der Waals surface area contributed by atoms with Crippen LogP contribution >= 0.6 is 0 Å². The Balaban J connectivity index is 3.11. The Labute approximate surface area is 260 Å². The van der Waals surface area contributed by atoms with E-state index in [0.717, 1.165) is 0 Å². The quantitative estimate of drug-likeness (QED) is 0.0590. The van der Waals surface area contributed by atoms with E-state index in [1.807, 2.05) is 20.8 Å². The normalized spacial score (nSPS) is 12.2. The summed E-state index contributed by atoms with van der Waals surface area (Å²) < 4.78 is 65.1. The van der Waals surface area contributed by atoms with Gasteiger partial charge in [-0.1, -0.05) is 0 Å². The third-order valence-electron chi connectivity index (χ3n) is 4.75. The summed E-state index contributed by atoms with van der Waals surface area (Å²) >= 11 is 0. The smallest absolute Gasteiger partial charge is 0.332 e. The molecule has 0 aliphatic rings. The third-order valence-corrected chi connectivity index (χ3v) is 5.82. The highest BCUT2D eigenvalue weighted by Gasteiger charge is 2.16. The molecule has 0 N–H and O–H groups in total. The summed E-state index contributed by atoms with van der Waals surface area (Å²) in [6, 6.07) is 0. The van der Waals surface area contributed by atoms with Crippen LogP contribution in [0.3, 0.4) is 0 Å². The molecule has 0 aromatic rings. The van der Waals surface area contributed by atoms with Crippen molar-refractivity contribution in [1.29, 1.82) is 0 Å². The second-order valence-electron chi connectivity index (χ2n) is 11.1. The van der Waals surface area contributed by atoms with E-state index in [2.05, 4.69) is 19.6 Å². The Morgan fingerprint density at radius 3 is 0.884 bits per heavy atom. The molecule has 0 rings (SSSR count). The van der Waals surface area contributed by atoms with Gasteiger partial charge in [-0.05, 0) is 40.4 Å². The lowest BCUT2D eigenvalue weighted by atomic mass is 10.2. The predicted molar refractivity (Wildman–Crippen MR) is 163 cm³/mol. The molecule has 0 saturated heterocycles. The number of hydrogen-bond donors (Lipinski definition) is 0. The number of rotatable bonds is 33. The fourth-order valence-corrected chi connectivity index (χ4v) is 3.61. The molecule has 0 aromatic heterocycles. The standard InChI is InChI=1S/C29H60O13Si/c1-29(2,3)42-28(30)27-40-24-23-38-20-19-36-16-15-34-12-11-32-8-7-31-9-10-33-13-14-35-17-18-37-21-22-39-25-26-41-43(4,5)6/h7-27H2,1-6H3. The second-order valence-corrected chi connectivity index (χ2v) is 15.6. The maximum absolute atomic E-state index is 11.5. The summed E-state index contributed by atoms with van der Waals surface area (Å²) in [5.74, 6) is -0.385. The highest BCUT2D eigenvalue weighted by molar-refractivity contribution is 6.69. The summed E-state index contributed by atoms with van der Waals surface area (Å²) in [4.78, 5) is 11.5. The van der Waals surface area contributed by atoms with E-state index in [-0.39, 0.29) is 12.6 Å². The topological polar surface area (TPSA) is 128 Å². The first kappa shape index (κ1) is 42.2. The molecule has 0 fully saturated rings. The molecule has 0 aliphatic carbocycles. The number of carbonyl (C=O) groups excluding carboxylic acids is 1. The van der Waals surface area contributed by atoms with E-state index in [0.29, 0.717) is 132 Å².